The Balaban J connectivity index is 1.90. The van der Waals surface area contributed by atoms with E-state index in [0.717, 1.165) is 46.8 Å². The lowest BCUT2D eigenvalue weighted by molar-refractivity contribution is 0.303. The molecule has 1 aliphatic rings. The molecule has 0 aliphatic heterocycles. The van der Waals surface area contributed by atoms with E-state index in [0.29, 0.717) is 6.10 Å². The van der Waals surface area contributed by atoms with Crippen LogP contribution in [0.25, 0.3) is 0 Å². The zero-order valence-electron chi connectivity index (χ0n) is 12.3. The average molecular weight is 271 g/mol. The molecule has 106 valence electrons. The Bertz CT molecular complexity index is 626. The molecule has 0 amide bonds. The topological polar surface area (TPSA) is 48.4 Å². The second-order valence-corrected chi connectivity index (χ2v) is 5.62. The van der Waals surface area contributed by atoms with Gasteiger partial charge in [-0.3, -0.25) is 0 Å². The van der Waals surface area contributed by atoms with Gasteiger partial charge in [0.15, 0.2) is 0 Å². The van der Waals surface area contributed by atoms with Gasteiger partial charge in [-0.1, -0.05) is 12.1 Å². The summed E-state index contributed by atoms with van der Waals surface area (Å²) < 4.78 is 11.5. The molecule has 1 fully saturated rings. The standard InChI is InChI=1S/C17H21NO2/c1-10-11(2)19-12(3)16(10)17(18)13-5-4-6-15(9-13)20-14-7-8-14/h4-6,9,14,17H,7-8,18H2,1-3H3. The van der Waals surface area contributed by atoms with E-state index in [4.69, 9.17) is 14.9 Å². The first-order valence-corrected chi connectivity index (χ1v) is 7.15. The van der Waals surface area contributed by atoms with Crippen LogP contribution in [-0.4, -0.2) is 6.10 Å². The van der Waals surface area contributed by atoms with E-state index >= 15 is 0 Å². The Kier molecular flexibility index (Phi) is 3.30. The van der Waals surface area contributed by atoms with Crippen LogP contribution in [0.1, 0.15) is 47.1 Å². The molecule has 0 saturated heterocycles. The molecule has 0 spiro atoms. The molecular weight excluding hydrogens is 250 g/mol. The highest BCUT2D eigenvalue weighted by Crippen LogP contribution is 2.32. The molecule has 1 saturated carbocycles. The molecule has 20 heavy (non-hydrogen) atoms. The van der Waals surface area contributed by atoms with E-state index in [1.54, 1.807) is 0 Å². The van der Waals surface area contributed by atoms with Crippen LogP contribution in [0.4, 0.5) is 0 Å². The predicted molar refractivity (Wildman–Crippen MR) is 79.0 cm³/mol. The Hall–Kier alpha value is -1.74. The Morgan fingerprint density at radius 3 is 2.55 bits per heavy atom. The van der Waals surface area contributed by atoms with E-state index in [9.17, 15) is 0 Å². The minimum absolute atomic E-state index is 0.171. The van der Waals surface area contributed by atoms with Gasteiger partial charge in [0.05, 0.1) is 12.1 Å². The van der Waals surface area contributed by atoms with Crippen molar-refractivity contribution in [1.29, 1.82) is 0 Å². The molecule has 1 heterocycles. The third-order valence-electron chi connectivity index (χ3n) is 3.97. The Morgan fingerprint density at radius 1 is 1.20 bits per heavy atom. The van der Waals surface area contributed by atoms with Crippen LogP contribution in [0.2, 0.25) is 0 Å². The van der Waals surface area contributed by atoms with Crippen LogP contribution in [0.5, 0.6) is 5.75 Å². The summed E-state index contributed by atoms with van der Waals surface area (Å²) >= 11 is 0. The van der Waals surface area contributed by atoms with Gasteiger partial charge in [-0.25, -0.2) is 0 Å². The van der Waals surface area contributed by atoms with Crippen molar-refractivity contribution in [2.75, 3.05) is 0 Å². The fourth-order valence-electron chi connectivity index (χ4n) is 2.59. The van der Waals surface area contributed by atoms with Gasteiger partial charge < -0.3 is 14.9 Å². The van der Waals surface area contributed by atoms with Gasteiger partial charge >= 0.3 is 0 Å². The Morgan fingerprint density at radius 2 is 1.95 bits per heavy atom. The first-order chi connectivity index (χ1) is 9.56. The van der Waals surface area contributed by atoms with Crippen LogP contribution in [0, 0.1) is 20.8 Å². The molecule has 1 aliphatic carbocycles. The van der Waals surface area contributed by atoms with E-state index in [2.05, 4.69) is 6.92 Å². The lowest BCUT2D eigenvalue weighted by atomic mass is 9.96. The minimum Gasteiger partial charge on any atom is -0.490 e. The molecule has 3 nitrogen and oxygen atoms in total. The fourth-order valence-corrected chi connectivity index (χ4v) is 2.59. The van der Waals surface area contributed by atoms with Gasteiger partial charge in [0.1, 0.15) is 17.3 Å². The average Bonchev–Trinajstić information content (AvgIpc) is 3.18. The minimum atomic E-state index is -0.171. The lowest BCUT2D eigenvalue weighted by Crippen LogP contribution is -2.13. The van der Waals surface area contributed by atoms with Gasteiger partial charge in [-0.05, 0) is 56.9 Å². The SMILES string of the molecule is Cc1oc(C)c(C(N)c2cccc(OC3CC3)c2)c1C. The first-order valence-electron chi connectivity index (χ1n) is 7.15. The zero-order chi connectivity index (χ0) is 14.3. The van der Waals surface area contributed by atoms with Gasteiger partial charge in [0.25, 0.3) is 0 Å². The number of nitrogens with two attached hydrogens (primary N) is 1. The number of hydrogen-bond acceptors (Lipinski definition) is 3. The molecule has 0 bridgehead atoms. The third kappa shape index (κ3) is 2.46. The van der Waals surface area contributed by atoms with Crippen molar-refractivity contribution in [2.45, 2.75) is 45.8 Å². The van der Waals surface area contributed by atoms with Gasteiger partial charge in [-0.15, -0.1) is 0 Å². The summed E-state index contributed by atoms with van der Waals surface area (Å²) in [5.41, 5.74) is 9.73. The summed E-state index contributed by atoms with van der Waals surface area (Å²) in [4.78, 5) is 0. The number of ether oxygens (including phenoxy) is 1. The predicted octanol–water partition coefficient (Wildman–Crippen LogP) is 3.79. The number of benzene rings is 1. The number of hydrogen-bond donors (Lipinski definition) is 1. The molecule has 1 unspecified atom stereocenters. The largest absolute Gasteiger partial charge is 0.490 e. The maximum absolute atomic E-state index is 6.43. The highest BCUT2D eigenvalue weighted by molar-refractivity contribution is 5.42. The summed E-state index contributed by atoms with van der Waals surface area (Å²) in [5.74, 6) is 2.76. The first kappa shape index (κ1) is 13.3. The fraction of sp³-hybridized carbons (Fsp3) is 0.412. The van der Waals surface area contributed by atoms with Crippen LogP contribution in [0.3, 0.4) is 0 Å². The van der Waals surface area contributed by atoms with E-state index in [1.807, 2.05) is 38.1 Å². The maximum Gasteiger partial charge on any atom is 0.120 e. The summed E-state index contributed by atoms with van der Waals surface area (Å²) in [7, 11) is 0. The highest BCUT2D eigenvalue weighted by atomic mass is 16.5. The van der Waals surface area contributed by atoms with Crippen molar-refractivity contribution in [3.8, 4) is 5.75 Å². The van der Waals surface area contributed by atoms with Crippen molar-refractivity contribution in [3.63, 3.8) is 0 Å². The molecule has 3 rings (SSSR count). The smallest absolute Gasteiger partial charge is 0.120 e. The quantitative estimate of drug-likeness (QED) is 0.920. The van der Waals surface area contributed by atoms with Crippen molar-refractivity contribution in [3.05, 3.63) is 52.5 Å². The molecular formula is C17H21NO2. The molecule has 1 aromatic heterocycles. The van der Waals surface area contributed by atoms with Gasteiger partial charge in [0, 0.05) is 5.56 Å². The summed E-state index contributed by atoms with van der Waals surface area (Å²) in [6, 6.07) is 7.92. The van der Waals surface area contributed by atoms with Gasteiger partial charge in [0.2, 0.25) is 0 Å². The van der Waals surface area contributed by atoms with Crippen molar-refractivity contribution < 1.29 is 9.15 Å². The second-order valence-electron chi connectivity index (χ2n) is 5.62. The molecule has 0 radical (unpaired) electrons. The third-order valence-corrected chi connectivity index (χ3v) is 3.97. The normalized spacial score (nSPS) is 16.2. The molecule has 2 N–H and O–H groups in total. The lowest BCUT2D eigenvalue weighted by Gasteiger charge is -2.14. The number of aryl methyl sites for hydroxylation is 2. The Labute approximate surface area is 119 Å². The molecule has 1 aromatic carbocycles. The summed E-state index contributed by atoms with van der Waals surface area (Å²) in [6.45, 7) is 6.01. The maximum atomic E-state index is 6.43. The van der Waals surface area contributed by atoms with E-state index < -0.39 is 0 Å². The number of rotatable bonds is 4. The molecule has 2 aromatic rings. The molecule has 3 heteroatoms. The van der Waals surface area contributed by atoms with E-state index in [-0.39, 0.29) is 6.04 Å². The summed E-state index contributed by atoms with van der Waals surface area (Å²) in [6.07, 6.45) is 2.73. The zero-order valence-corrected chi connectivity index (χ0v) is 12.3. The van der Waals surface area contributed by atoms with Crippen LogP contribution in [0.15, 0.2) is 28.7 Å². The second kappa shape index (κ2) is 4.98. The van der Waals surface area contributed by atoms with Crippen molar-refractivity contribution in [2.24, 2.45) is 5.73 Å². The van der Waals surface area contributed by atoms with Gasteiger partial charge in [-0.2, -0.15) is 0 Å². The number of furan rings is 1. The monoisotopic (exact) mass is 271 g/mol. The molecule has 1 atom stereocenters. The van der Waals surface area contributed by atoms with Crippen molar-refractivity contribution >= 4 is 0 Å². The van der Waals surface area contributed by atoms with E-state index in [1.165, 1.54) is 0 Å². The van der Waals surface area contributed by atoms with Crippen molar-refractivity contribution in [1.82, 2.24) is 0 Å². The summed E-state index contributed by atoms with van der Waals surface area (Å²) in [5, 5.41) is 0. The van der Waals surface area contributed by atoms with Crippen LogP contribution >= 0.6 is 0 Å². The van der Waals surface area contributed by atoms with Crippen LogP contribution < -0.4 is 10.5 Å². The van der Waals surface area contributed by atoms with Crippen LogP contribution in [-0.2, 0) is 0 Å². The highest BCUT2D eigenvalue weighted by Gasteiger charge is 2.24.